The zero-order valence-electron chi connectivity index (χ0n) is 11.9. The molecule has 0 fully saturated rings. The zero-order chi connectivity index (χ0) is 14.8. The second-order valence-electron chi connectivity index (χ2n) is 5.29. The molecular weight excluding hydrogens is 265 g/mol. The Kier molecular flexibility index (Phi) is 3.49. The molecule has 0 unspecified atom stereocenters. The molecule has 0 saturated heterocycles. The molecule has 0 saturated carbocycles. The molecule has 0 N–H and O–H groups in total. The lowest BCUT2D eigenvalue weighted by Gasteiger charge is -2.37. The smallest absolute Gasteiger partial charge is 0.124 e. The van der Waals surface area contributed by atoms with Gasteiger partial charge in [-0.1, -0.05) is 12.1 Å². The molecule has 0 aliphatic carbocycles. The summed E-state index contributed by atoms with van der Waals surface area (Å²) in [5.41, 5.74) is 3.52. The van der Waals surface area contributed by atoms with E-state index in [9.17, 15) is 4.39 Å². The van der Waals surface area contributed by atoms with E-state index in [1.165, 1.54) is 17.8 Å². The normalized spacial score (nSPS) is 13.8. The summed E-state index contributed by atoms with van der Waals surface area (Å²) in [7, 11) is 2.08. The monoisotopic (exact) mass is 281 g/mol. The first-order chi connectivity index (χ1) is 10.2. The molecule has 2 aromatic carbocycles. The highest BCUT2D eigenvalue weighted by Crippen LogP contribution is 2.32. The summed E-state index contributed by atoms with van der Waals surface area (Å²) in [5, 5.41) is 8.95. The van der Waals surface area contributed by atoms with Crippen molar-refractivity contribution in [3.05, 3.63) is 59.4 Å². The molecule has 1 aliphatic heterocycles. The van der Waals surface area contributed by atoms with Gasteiger partial charge in [0.15, 0.2) is 0 Å². The summed E-state index contributed by atoms with van der Waals surface area (Å²) in [6.07, 6.45) is 0. The maximum absolute atomic E-state index is 13.5. The van der Waals surface area contributed by atoms with Gasteiger partial charge in [-0.25, -0.2) is 4.39 Å². The molecule has 1 heterocycles. The highest BCUT2D eigenvalue weighted by molar-refractivity contribution is 5.73. The van der Waals surface area contributed by atoms with Crippen LogP contribution in [-0.4, -0.2) is 20.1 Å². The average Bonchev–Trinajstić information content (AvgIpc) is 2.50. The van der Waals surface area contributed by atoms with E-state index < -0.39 is 0 Å². The third kappa shape index (κ3) is 2.68. The van der Waals surface area contributed by atoms with E-state index in [1.54, 1.807) is 6.07 Å². The topological polar surface area (TPSA) is 30.3 Å². The standard InChI is InChI=1S/C17H16FN3/c1-20-6-7-21(17-5-3-2-4-16(17)20)12-14-8-13(11-19)9-15(18)10-14/h2-5,8-10H,6-7,12H2,1H3. The van der Waals surface area contributed by atoms with Gasteiger partial charge in [0.1, 0.15) is 5.82 Å². The van der Waals surface area contributed by atoms with E-state index in [-0.39, 0.29) is 5.82 Å². The Morgan fingerprint density at radius 1 is 1.14 bits per heavy atom. The Balaban J connectivity index is 1.91. The molecule has 1 aliphatic rings. The minimum atomic E-state index is -0.355. The number of nitrogens with zero attached hydrogens (tertiary/aromatic N) is 3. The fourth-order valence-electron chi connectivity index (χ4n) is 2.76. The number of halogens is 1. The Morgan fingerprint density at radius 2 is 1.90 bits per heavy atom. The van der Waals surface area contributed by atoms with Gasteiger partial charge >= 0.3 is 0 Å². The van der Waals surface area contributed by atoms with Crippen molar-refractivity contribution in [2.75, 3.05) is 29.9 Å². The van der Waals surface area contributed by atoms with Crippen LogP contribution >= 0.6 is 0 Å². The quantitative estimate of drug-likeness (QED) is 0.847. The second kappa shape index (κ2) is 5.45. The Bertz CT molecular complexity index is 705. The van der Waals surface area contributed by atoms with Crippen LogP contribution in [0.5, 0.6) is 0 Å². The number of rotatable bonds is 2. The molecular formula is C17H16FN3. The summed E-state index contributed by atoms with van der Waals surface area (Å²) in [6, 6.07) is 14.7. The number of hydrogen-bond acceptors (Lipinski definition) is 3. The molecule has 106 valence electrons. The van der Waals surface area contributed by atoms with Crippen LogP contribution in [0.3, 0.4) is 0 Å². The lowest BCUT2D eigenvalue weighted by atomic mass is 10.1. The Morgan fingerprint density at radius 3 is 2.67 bits per heavy atom. The van der Waals surface area contributed by atoms with Crippen molar-refractivity contribution in [1.29, 1.82) is 5.26 Å². The van der Waals surface area contributed by atoms with Crippen LogP contribution in [0.1, 0.15) is 11.1 Å². The van der Waals surface area contributed by atoms with Crippen molar-refractivity contribution in [2.45, 2.75) is 6.54 Å². The average molecular weight is 281 g/mol. The van der Waals surface area contributed by atoms with Gasteiger partial charge in [0.2, 0.25) is 0 Å². The van der Waals surface area contributed by atoms with Crippen LogP contribution in [0.15, 0.2) is 42.5 Å². The van der Waals surface area contributed by atoms with Gasteiger partial charge in [0.25, 0.3) is 0 Å². The van der Waals surface area contributed by atoms with Crippen LogP contribution in [0.4, 0.5) is 15.8 Å². The number of anilines is 2. The van der Waals surface area contributed by atoms with Crippen molar-refractivity contribution in [3.63, 3.8) is 0 Å². The van der Waals surface area contributed by atoms with Gasteiger partial charge < -0.3 is 9.80 Å². The van der Waals surface area contributed by atoms with Gasteiger partial charge in [-0.15, -0.1) is 0 Å². The van der Waals surface area contributed by atoms with Crippen molar-refractivity contribution in [1.82, 2.24) is 0 Å². The van der Waals surface area contributed by atoms with Gasteiger partial charge in [0, 0.05) is 26.7 Å². The van der Waals surface area contributed by atoms with E-state index in [0.717, 1.165) is 24.3 Å². The van der Waals surface area contributed by atoms with Crippen molar-refractivity contribution in [2.24, 2.45) is 0 Å². The first-order valence-corrected chi connectivity index (χ1v) is 6.92. The Labute approximate surface area is 123 Å². The molecule has 3 rings (SSSR count). The predicted octanol–water partition coefficient (Wildman–Crippen LogP) is 3.15. The van der Waals surface area contributed by atoms with E-state index in [2.05, 4.69) is 29.0 Å². The molecule has 3 nitrogen and oxygen atoms in total. The van der Waals surface area contributed by atoms with E-state index in [4.69, 9.17) is 5.26 Å². The maximum atomic E-state index is 13.5. The van der Waals surface area contributed by atoms with E-state index >= 15 is 0 Å². The largest absolute Gasteiger partial charge is 0.371 e. The van der Waals surface area contributed by atoms with Crippen molar-refractivity contribution < 1.29 is 4.39 Å². The Hall–Kier alpha value is -2.54. The van der Waals surface area contributed by atoms with Crippen molar-refractivity contribution in [3.8, 4) is 6.07 Å². The molecule has 0 radical (unpaired) electrons. The number of para-hydroxylation sites is 2. The molecule has 0 bridgehead atoms. The maximum Gasteiger partial charge on any atom is 0.124 e. The fraction of sp³-hybridized carbons (Fsp3) is 0.235. The number of hydrogen-bond donors (Lipinski definition) is 0. The molecule has 4 heteroatoms. The third-order valence-electron chi connectivity index (χ3n) is 3.80. The minimum Gasteiger partial charge on any atom is -0.371 e. The zero-order valence-corrected chi connectivity index (χ0v) is 11.9. The number of fused-ring (bicyclic) bond motifs is 1. The van der Waals surface area contributed by atoms with Crippen LogP contribution in [0.25, 0.3) is 0 Å². The molecule has 0 amide bonds. The second-order valence-corrected chi connectivity index (χ2v) is 5.29. The van der Waals surface area contributed by atoms with Gasteiger partial charge in [-0.05, 0) is 35.9 Å². The molecule has 0 aromatic heterocycles. The highest BCUT2D eigenvalue weighted by atomic mass is 19.1. The summed E-state index contributed by atoms with van der Waals surface area (Å²) in [6.45, 7) is 2.42. The molecule has 2 aromatic rings. The number of nitriles is 1. The first-order valence-electron chi connectivity index (χ1n) is 6.92. The lowest BCUT2D eigenvalue weighted by Crippen LogP contribution is -2.38. The predicted molar refractivity (Wildman–Crippen MR) is 81.9 cm³/mol. The summed E-state index contributed by atoms with van der Waals surface area (Å²) < 4.78 is 13.5. The summed E-state index contributed by atoms with van der Waals surface area (Å²) in [4.78, 5) is 4.45. The highest BCUT2D eigenvalue weighted by Gasteiger charge is 2.19. The van der Waals surface area contributed by atoms with Crippen LogP contribution in [0, 0.1) is 17.1 Å². The summed E-state index contributed by atoms with van der Waals surface area (Å²) >= 11 is 0. The lowest BCUT2D eigenvalue weighted by molar-refractivity contribution is 0.623. The molecule has 21 heavy (non-hydrogen) atoms. The SMILES string of the molecule is CN1CCN(Cc2cc(F)cc(C#N)c2)c2ccccc21. The molecule has 0 atom stereocenters. The molecule has 0 spiro atoms. The number of likely N-dealkylation sites (N-methyl/N-ethyl adjacent to an activating group) is 1. The fourth-order valence-corrected chi connectivity index (χ4v) is 2.76. The van der Waals surface area contributed by atoms with Gasteiger partial charge in [-0.2, -0.15) is 5.26 Å². The number of benzene rings is 2. The first kappa shape index (κ1) is 13.4. The third-order valence-corrected chi connectivity index (χ3v) is 3.80. The van der Waals surface area contributed by atoms with Crippen LogP contribution < -0.4 is 9.80 Å². The van der Waals surface area contributed by atoms with Crippen LogP contribution in [0.2, 0.25) is 0 Å². The van der Waals surface area contributed by atoms with E-state index in [0.29, 0.717) is 12.1 Å². The minimum absolute atomic E-state index is 0.355. The van der Waals surface area contributed by atoms with E-state index in [1.807, 2.05) is 18.2 Å². The van der Waals surface area contributed by atoms with Gasteiger partial charge in [0.05, 0.1) is 23.0 Å². The van der Waals surface area contributed by atoms with Gasteiger partial charge in [-0.3, -0.25) is 0 Å². The van der Waals surface area contributed by atoms with Crippen molar-refractivity contribution >= 4 is 11.4 Å². The van der Waals surface area contributed by atoms with Crippen LogP contribution in [-0.2, 0) is 6.54 Å². The summed E-state index contributed by atoms with van der Waals surface area (Å²) in [5.74, 6) is -0.355.